The quantitative estimate of drug-likeness (QED) is 0.0816. The summed E-state index contributed by atoms with van der Waals surface area (Å²) >= 11 is 0. The van der Waals surface area contributed by atoms with Gasteiger partial charge in [-0.05, 0) is 59.1 Å². The van der Waals surface area contributed by atoms with Gasteiger partial charge in [0.1, 0.15) is 5.75 Å². The van der Waals surface area contributed by atoms with E-state index in [1.165, 1.54) is 23.8 Å². The highest BCUT2D eigenvalue weighted by Gasteiger charge is 2.66. The van der Waals surface area contributed by atoms with Crippen LogP contribution in [-0.4, -0.2) is 72.9 Å². The summed E-state index contributed by atoms with van der Waals surface area (Å²) < 4.78 is 19.3. The number of nitro benzene ring substituents is 1. The number of carbonyl (C=O) groups excluding carboxylic acids is 2. The van der Waals surface area contributed by atoms with Crippen molar-refractivity contribution in [1.29, 1.82) is 0 Å². The van der Waals surface area contributed by atoms with Crippen molar-refractivity contribution in [2.45, 2.75) is 56.8 Å². The Kier molecular flexibility index (Phi) is 11.6. The number of hydrogen-bond acceptors (Lipinski definition) is 9. The molecule has 0 saturated carbocycles. The summed E-state index contributed by atoms with van der Waals surface area (Å²) in [5.74, 6) is -0.229. The minimum absolute atomic E-state index is 0.0706. The minimum Gasteiger partial charge on any atom is -0.497 e. The van der Waals surface area contributed by atoms with E-state index in [2.05, 4.69) is 13.1 Å². The lowest BCUT2D eigenvalue weighted by Gasteiger charge is -2.37. The van der Waals surface area contributed by atoms with Crippen LogP contribution < -0.4 is 25.1 Å². The summed E-state index contributed by atoms with van der Waals surface area (Å²) in [5, 5.41) is 23.4. The van der Waals surface area contributed by atoms with Crippen LogP contribution in [0.1, 0.15) is 30.0 Å². The minimum atomic E-state index is -2.67. The Labute approximate surface area is 343 Å². The molecule has 1 saturated heterocycles. The number of pyridine rings is 1. The average Bonchev–Trinajstić information content (AvgIpc) is 3.66. The van der Waals surface area contributed by atoms with E-state index in [4.69, 9.17) is 14.2 Å². The topological polar surface area (TPSA) is 154 Å². The van der Waals surface area contributed by atoms with Crippen molar-refractivity contribution in [3.63, 3.8) is 0 Å². The summed E-state index contributed by atoms with van der Waals surface area (Å²) in [5.41, 5.74) is 0.679. The molecule has 1 N–H and O–H groups in total. The molecule has 1 aromatic heterocycles. The van der Waals surface area contributed by atoms with Crippen LogP contribution in [0, 0.1) is 16.0 Å². The van der Waals surface area contributed by atoms with Gasteiger partial charge in [0.15, 0.2) is 11.4 Å². The Hall–Kier alpha value is -6.09. The van der Waals surface area contributed by atoms with Crippen molar-refractivity contribution < 1.29 is 33.8 Å². The van der Waals surface area contributed by atoms with Gasteiger partial charge in [-0.2, -0.15) is 0 Å². The number of fused-ring (bicyclic) bond motifs is 2. The van der Waals surface area contributed by atoms with E-state index < -0.39 is 30.6 Å². The molecule has 13 nitrogen and oxygen atoms in total. The van der Waals surface area contributed by atoms with Crippen LogP contribution >= 0.6 is 0 Å². The first-order valence-electron chi connectivity index (χ1n) is 19.5. The molecule has 3 heterocycles. The van der Waals surface area contributed by atoms with E-state index in [-0.39, 0.29) is 67.0 Å². The molecule has 1 spiro atoms. The fourth-order valence-corrected chi connectivity index (χ4v) is 13.1. The lowest BCUT2D eigenvalue weighted by Crippen LogP contribution is -2.52. The molecule has 4 aromatic carbocycles. The number of carbonyl (C=O) groups is 2. The van der Waals surface area contributed by atoms with Gasteiger partial charge in [-0.1, -0.05) is 79.8 Å². The molecule has 0 radical (unpaired) electrons. The lowest BCUT2D eigenvalue weighted by atomic mass is 9.82. The third kappa shape index (κ3) is 7.54. The largest absolute Gasteiger partial charge is 0.497 e. The molecule has 0 bridgehead atoms. The second kappa shape index (κ2) is 16.6. The van der Waals surface area contributed by atoms with E-state index >= 15 is 4.79 Å². The Bertz CT molecular complexity index is 2410. The first-order valence-corrected chi connectivity index (χ1v) is 22.6. The van der Waals surface area contributed by atoms with Gasteiger partial charge in [-0.25, -0.2) is 0 Å². The molecule has 2 aliphatic heterocycles. The van der Waals surface area contributed by atoms with Crippen molar-refractivity contribution >= 4 is 36.4 Å². The number of non-ortho nitro benzene ring substituents is 1. The lowest BCUT2D eigenvalue weighted by molar-refractivity contribution is -0.385. The molecule has 7 rings (SSSR count). The van der Waals surface area contributed by atoms with Crippen LogP contribution in [0.25, 0.3) is 5.69 Å². The third-order valence-electron chi connectivity index (χ3n) is 12.0. The summed E-state index contributed by atoms with van der Waals surface area (Å²) in [6.45, 7) is 6.64. The predicted molar refractivity (Wildman–Crippen MR) is 226 cm³/mol. The molecule has 4 atom stereocenters. The number of benzene rings is 4. The van der Waals surface area contributed by atoms with Gasteiger partial charge in [0.2, 0.25) is 5.91 Å². The van der Waals surface area contributed by atoms with Crippen LogP contribution in [0.15, 0.2) is 120 Å². The Morgan fingerprint density at radius 1 is 0.932 bits per heavy atom. The predicted octanol–water partition coefficient (Wildman–Crippen LogP) is 5.94. The number of aliphatic hydroxyl groups is 1. The fourth-order valence-electron chi connectivity index (χ4n) is 9.07. The number of aliphatic hydroxyl groups excluding tert-OH is 1. The van der Waals surface area contributed by atoms with E-state index in [0.29, 0.717) is 22.7 Å². The van der Waals surface area contributed by atoms with Gasteiger partial charge in [-0.15, -0.1) is 0 Å². The van der Waals surface area contributed by atoms with E-state index in [9.17, 15) is 24.8 Å². The maximum absolute atomic E-state index is 15.3. The first-order chi connectivity index (χ1) is 28.3. The van der Waals surface area contributed by atoms with Crippen molar-refractivity contribution in [3.05, 3.63) is 153 Å². The number of nitrogens with zero attached hydrogens (tertiary/aromatic N) is 4. The Balaban J connectivity index is 1.29. The molecule has 2 amide bonds. The second-order valence-corrected chi connectivity index (χ2v) is 20.3. The molecular weight excluding hydrogens is 769 g/mol. The van der Waals surface area contributed by atoms with Crippen molar-refractivity contribution in [3.8, 4) is 17.2 Å². The average molecular weight is 817 g/mol. The monoisotopic (exact) mass is 816 g/mol. The zero-order chi connectivity index (χ0) is 42.1. The zero-order valence-electron chi connectivity index (χ0n) is 33.7. The van der Waals surface area contributed by atoms with Crippen LogP contribution in [0.4, 0.5) is 11.4 Å². The summed E-state index contributed by atoms with van der Waals surface area (Å²) in [4.78, 5) is 57.7. The molecule has 59 heavy (non-hydrogen) atoms. The van der Waals surface area contributed by atoms with Crippen LogP contribution in [-0.2, 0) is 33.0 Å². The van der Waals surface area contributed by atoms with Crippen LogP contribution in [0.5, 0.6) is 11.5 Å². The normalized spacial score (nSPS) is 19.8. The molecule has 5 aromatic rings. The summed E-state index contributed by atoms with van der Waals surface area (Å²) in [6, 6.07) is 32.4. The molecule has 14 heteroatoms. The standard InChI is InChI=1S/C45H48N4O9Si/c1-30-42(59(4,5)36-20-18-35(56-2)19-21-36)40(27-41(51)46(24-25-50)28-31-10-7-6-8-11-31)58-45(30)37-26-34(49(54)55)17-22-38(37)48(44(45)53)29-32-13-15-33(16-14-32)47-23-9-12-39(57-3)43(47)52/h6-23,26,30,40,42,50H,24-25,27-29H2,1-5H3/t30-,40+,42-,45+/m1/s1. The smallest absolute Gasteiger partial charge is 0.297 e. The van der Waals surface area contributed by atoms with E-state index in [1.807, 2.05) is 73.7 Å². The number of amides is 2. The van der Waals surface area contributed by atoms with E-state index in [0.717, 1.165) is 16.3 Å². The highest BCUT2D eigenvalue weighted by Crippen LogP contribution is 2.60. The van der Waals surface area contributed by atoms with Gasteiger partial charge in [0.05, 0.1) is 58.6 Å². The van der Waals surface area contributed by atoms with Gasteiger partial charge < -0.3 is 29.1 Å². The van der Waals surface area contributed by atoms with Gasteiger partial charge in [-0.3, -0.25) is 29.1 Å². The number of anilines is 1. The van der Waals surface area contributed by atoms with Crippen LogP contribution in [0.2, 0.25) is 18.6 Å². The van der Waals surface area contributed by atoms with Crippen LogP contribution in [0.3, 0.4) is 0 Å². The highest BCUT2D eigenvalue weighted by atomic mass is 28.3. The molecule has 2 aliphatic rings. The number of rotatable bonds is 14. The zero-order valence-corrected chi connectivity index (χ0v) is 34.7. The van der Waals surface area contributed by atoms with Gasteiger partial charge in [0.25, 0.3) is 17.2 Å². The molecule has 1 fully saturated rings. The second-order valence-electron chi connectivity index (χ2n) is 15.7. The van der Waals surface area contributed by atoms with Crippen molar-refractivity contribution in [2.24, 2.45) is 5.92 Å². The van der Waals surface area contributed by atoms with Gasteiger partial charge in [0, 0.05) is 48.6 Å². The molecule has 0 unspecified atom stereocenters. The number of aromatic nitrogens is 1. The van der Waals surface area contributed by atoms with E-state index in [1.54, 1.807) is 53.4 Å². The van der Waals surface area contributed by atoms with Crippen molar-refractivity contribution in [2.75, 3.05) is 32.3 Å². The third-order valence-corrected chi connectivity index (χ3v) is 16.4. The Morgan fingerprint density at radius 3 is 2.29 bits per heavy atom. The van der Waals surface area contributed by atoms with Crippen molar-refractivity contribution in [1.82, 2.24) is 9.47 Å². The summed E-state index contributed by atoms with van der Waals surface area (Å²) in [6.07, 6.45) is 0.822. The SMILES string of the molecule is COc1ccc([Si](C)(C)[C@H]2[C@H](CC(=O)N(CCO)Cc3ccccc3)O[C@@]3(C(=O)N(Cc4ccc(-n5cccc(OC)c5=O)cc4)c4ccc([N+](=O)[O-])cc43)[C@@H]2C)cc1. The maximum atomic E-state index is 15.3. The fraction of sp³-hybridized carbons (Fsp3) is 0.311. The number of ether oxygens (including phenoxy) is 3. The first kappa shape index (κ1) is 41.1. The highest BCUT2D eigenvalue weighted by molar-refractivity contribution is 6.91. The number of nitro groups is 1. The molecule has 0 aliphatic carbocycles. The Morgan fingerprint density at radius 2 is 1.64 bits per heavy atom. The number of methoxy groups -OCH3 is 2. The molecular formula is C45H48N4O9Si. The summed E-state index contributed by atoms with van der Waals surface area (Å²) in [7, 11) is 0.373. The number of hydrogen-bond donors (Lipinski definition) is 1. The maximum Gasteiger partial charge on any atom is 0.297 e. The molecule has 306 valence electrons. The van der Waals surface area contributed by atoms with Gasteiger partial charge >= 0.3 is 0 Å².